The lowest BCUT2D eigenvalue weighted by Gasteiger charge is -2.15. The summed E-state index contributed by atoms with van der Waals surface area (Å²) in [5.41, 5.74) is 2.20. The summed E-state index contributed by atoms with van der Waals surface area (Å²) in [4.78, 5) is 10.4. The molecule has 1 aromatic rings. The number of carbonyl (C=O) groups is 1. The SMILES string of the molecule is CCCCCCCCCCCCCCC(C)Nc1ccc(C=CC=CC(=O)O)cc1. The zero-order valence-corrected chi connectivity index (χ0v) is 19.2. The van der Waals surface area contributed by atoms with Crippen LogP contribution in [0.3, 0.4) is 0 Å². The van der Waals surface area contributed by atoms with E-state index >= 15 is 0 Å². The second-order valence-corrected chi connectivity index (χ2v) is 8.40. The second-order valence-electron chi connectivity index (χ2n) is 8.40. The molecule has 0 spiro atoms. The van der Waals surface area contributed by atoms with Crippen LogP contribution in [0.25, 0.3) is 6.08 Å². The molecule has 1 aromatic carbocycles. The van der Waals surface area contributed by atoms with E-state index in [1.807, 2.05) is 18.2 Å². The van der Waals surface area contributed by atoms with Crippen LogP contribution in [0.5, 0.6) is 0 Å². The predicted molar refractivity (Wildman–Crippen MR) is 131 cm³/mol. The Hall–Kier alpha value is -2.03. The summed E-state index contributed by atoms with van der Waals surface area (Å²) in [7, 11) is 0. The van der Waals surface area contributed by atoms with Crippen LogP contribution >= 0.6 is 0 Å². The molecular formula is C27H43NO2. The highest BCUT2D eigenvalue weighted by atomic mass is 16.4. The van der Waals surface area contributed by atoms with Crippen LogP contribution < -0.4 is 5.32 Å². The molecule has 0 saturated heterocycles. The van der Waals surface area contributed by atoms with Crippen LogP contribution in [0.1, 0.15) is 103 Å². The van der Waals surface area contributed by atoms with Crippen LogP contribution in [0.15, 0.2) is 42.5 Å². The van der Waals surface area contributed by atoms with E-state index in [9.17, 15) is 4.79 Å². The maximum Gasteiger partial charge on any atom is 0.328 e. The van der Waals surface area contributed by atoms with Crippen molar-refractivity contribution in [1.29, 1.82) is 0 Å². The first kappa shape index (κ1) is 26.0. The number of unbranched alkanes of at least 4 members (excludes halogenated alkanes) is 11. The molecule has 0 aromatic heterocycles. The molecule has 2 N–H and O–H groups in total. The summed E-state index contributed by atoms with van der Waals surface area (Å²) in [5.74, 6) is -0.929. The summed E-state index contributed by atoms with van der Waals surface area (Å²) in [6.07, 6.45) is 24.2. The van der Waals surface area contributed by atoms with E-state index in [1.54, 1.807) is 6.08 Å². The number of benzene rings is 1. The van der Waals surface area contributed by atoms with Crippen LogP contribution in [-0.4, -0.2) is 17.1 Å². The smallest absolute Gasteiger partial charge is 0.328 e. The van der Waals surface area contributed by atoms with Crippen molar-refractivity contribution in [2.24, 2.45) is 0 Å². The topological polar surface area (TPSA) is 49.3 Å². The number of hydrogen-bond donors (Lipinski definition) is 2. The summed E-state index contributed by atoms with van der Waals surface area (Å²) in [6, 6.07) is 8.74. The number of anilines is 1. The number of carboxylic acids is 1. The molecule has 1 unspecified atom stereocenters. The van der Waals surface area contributed by atoms with Crippen LogP contribution in [0.4, 0.5) is 5.69 Å². The largest absolute Gasteiger partial charge is 0.478 e. The first-order valence-corrected chi connectivity index (χ1v) is 12.1. The molecule has 3 nitrogen and oxygen atoms in total. The van der Waals surface area contributed by atoms with E-state index in [0.717, 1.165) is 17.3 Å². The molecule has 0 aliphatic rings. The van der Waals surface area contributed by atoms with Crippen molar-refractivity contribution in [2.75, 3.05) is 5.32 Å². The Morgan fingerprint density at radius 1 is 0.867 bits per heavy atom. The Morgan fingerprint density at radius 2 is 1.40 bits per heavy atom. The minimum absolute atomic E-state index is 0.480. The van der Waals surface area contributed by atoms with Crippen LogP contribution in [-0.2, 0) is 4.79 Å². The normalized spacial score (nSPS) is 12.6. The fourth-order valence-electron chi connectivity index (χ4n) is 3.64. The number of carboxylic acid groups (broad SMARTS) is 1. The highest BCUT2D eigenvalue weighted by Gasteiger charge is 2.02. The van der Waals surface area contributed by atoms with E-state index in [-0.39, 0.29) is 0 Å². The molecular weight excluding hydrogens is 370 g/mol. The summed E-state index contributed by atoms with van der Waals surface area (Å²) in [5, 5.41) is 12.1. The van der Waals surface area contributed by atoms with Gasteiger partial charge in [-0.25, -0.2) is 4.79 Å². The molecule has 0 aliphatic carbocycles. The van der Waals surface area contributed by atoms with Gasteiger partial charge in [0.1, 0.15) is 0 Å². The van der Waals surface area contributed by atoms with Crippen molar-refractivity contribution in [3.8, 4) is 0 Å². The van der Waals surface area contributed by atoms with Gasteiger partial charge in [0.25, 0.3) is 0 Å². The summed E-state index contributed by atoms with van der Waals surface area (Å²) in [6.45, 7) is 4.53. The second kappa shape index (κ2) is 17.8. The molecule has 3 heteroatoms. The standard InChI is InChI=1S/C27H43NO2/c1-3-4-5-6-7-8-9-10-11-12-13-14-17-24(2)28-26-22-20-25(21-23-26)18-15-16-19-27(29)30/h15-16,18-24,28H,3-14,17H2,1-2H3,(H,29,30). The Kier molecular flexibility index (Phi) is 15.4. The van der Waals surface area contributed by atoms with Gasteiger partial charge >= 0.3 is 5.97 Å². The van der Waals surface area contributed by atoms with Gasteiger partial charge in [0.15, 0.2) is 0 Å². The van der Waals surface area contributed by atoms with Gasteiger partial charge in [-0.1, -0.05) is 114 Å². The molecule has 1 rings (SSSR count). The predicted octanol–water partition coefficient (Wildman–Crippen LogP) is 8.23. The molecule has 0 amide bonds. The van der Waals surface area contributed by atoms with Gasteiger partial charge in [0, 0.05) is 17.8 Å². The minimum atomic E-state index is -0.929. The third-order valence-electron chi connectivity index (χ3n) is 5.45. The molecule has 0 heterocycles. The van der Waals surface area contributed by atoms with Crippen molar-refractivity contribution in [2.45, 2.75) is 103 Å². The van der Waals surface area contributed by atoms with Crippen LogP contribution in [0.2, 0.25) is 0 Å². The third-order valence-corrected chi connectivity index (χ3v) is 5.45. The van der Waals surface area contributed by atoms with E-state index in [4.69, 9.17) is 5.11 Å². The van der Waals surface area contributed by atoms with Gasteiger partial charge < -0.3 is 10.4 Å². The molecule has 0 radical (unpaired) electrons. The van der Waals surface area contributed by atoms with E-state index in [2.05, 4.69) is 31.3 Å². The average Bonchev–Trinajstić information content (AvgIpc) is 2.73. The Labute approximate surface area is 184 Å². The lowest BCUT2D eigenvalue weighted by Crippen LogP contribution is -2.14. The number of nitrogens with one attached hydrogen (secondary N) is 1. The van der Waals surface area contributed by atoms with Crippen molar-refractivity contribution in [3.05, 3.63) is 48.1 Å². The summed E-state index contributed by atoms with van der Waals surface area (Å²) < 4.78 is 0. The maximum atomic E-state index is 10.4. The fraction of sp³-hybridized carbons (Fsp3) is 0.593. The number of allylic oxidation sites excluding steroid dienone is 2. The Bertz CT molecular complexity index is 604. The van der Waals surface area contributed by atoms with Crippen molar-refractivity contribution in [1.82, 2.24) is 0 Å². The number of aliphatic carboxylic acids is 1. The van der Waals surface area contributed by atoms with Gasteiger partial charge in [0.05, 0.1) is 0 Å². The number of rotatable bonds is 18. The highest BCUT2D eigenvalue weighted by Crippen LogP contribution is 2.16. The first-order valence-electron chi connectivity index (χ1n) is 12.1. The van der Waals surface area contributed by atoms with Gasteiger partial charge in [-0.15, -0.1) is 0 Å². The van der Waals surface area contributed by atoms with E-state index < -0.39 is 5.97 Å². The van der Waals surface area contributed by atoms with Gasteiger partial charge in [-0.3, -0.25) is 0 Å². The summed E-state index contributed by atoms with van der Waals surface area (Å²) >= 11 is 0. The van der Waals surface area contributed by atoms with Gasteiger partial charge in [-0.2, -0.15) is 0 Å². The third kappa shape index (κ3) is 14.9. The number of hydrogen-bond acceptors (Lipinski definition) is 2. The molecule has 30 heavy (non-hydrogen) atoms. The quantitative estimate of drug-likeness (QED) is 0.145. The molecule has 0 fully saturated rings. The van der Waals surface area contributed by atoms with Crippen LogP contribution in [0, 0.1) is 0 Å². The van der Waals surface area contributed by atoms with Crippen molar-refractivity contribution >= 4 is 17.7 Å². The van der Waals surface area contributed by atoms with E-state index in [0.29, 0.717) is 6.04 Å². The average molecular weight is 414 g/mol. The lowest BCUT2D eigenvalue weighted by atomic mass is 10.0. The Balaban J connectivity index is 2.05. The monoisotopic (exact) mass is 413 g/mol. The molecule has 0 bridgehead atoms. The molecule has 1 atom stereocenters. The molecule has 168 valence electrons. The van der Waals surface area contributed by atoms with E-state index in [1.165, 1.54) is 89.5 Å². The fourth-order valence-corrected chi connectivity index (χ4v) is 3.64. The highest BCUT2D eigenvalue weighted by molar-refractivity contribution is 5.80. The molecule has 0 saturated carbocycles. The van der Waals surface area contributed by atoms with Crippen molar-refractivity contribution < 1.29 is 9.90 Å². The zero-order valence-electron chi connectivity index (χ0n) is 19.2. The van der Waals surface area contributed by atoms with Gasteiger partial charge in [-0.05, 0) is 31.0 Å². The minimum Gasteiger partial charge on any atom is -0.478 e. The lowest BCUT2D eigenvalue weighted by molar-refractivity contribution is -0.131. The Morgan fingerprint density at radius 3 is 1.93 bits per heavy atom. The molecule has 0 aliphatic heterocycles. The first-order chi connectivity index (χ1) is 14.6. The maximum absolute atomic E-state index is 10.4. The zero-order chi connectivity index (χ0) is 21.9. The van der Waals surface area contributed by atoms with Gasteiger partial charge in [0.2, 0.25) is 0 Å². The van der Waals surface area contributed by atoms with Crippen molar-refractivity contribution in [3.63, 3.8) is 0 Å².